The largest absolute Gasteiger partial charge is 0.469 e. The van der Waals surface area contributed by atoms with Crippen LogP contribution in [0.2, 0.25) is 0 Å². The van der Waals surface area contributed by atoms with Crippen molar-refractivity contribution in [1.82, 2.24) is 9.80 Å². The molecule has 0 aromatic carbocycles. The molecule has 0 saturated heterocycles. The molecule has 2 rings (SSSR count). The number of ether oxygens (including phenoxy) is 1. The van der Waals surface area contributed by atoms with Gasteiger partial charge in [0, 0.05) is 42.9 Å². The number of nitrogens with zero attached hydrogens (tertiary/aromatic N) is 3. The first-order valence-corrected chi connectivity index (χ1v) is 10.6. The van der Waals surface area contributed by atoms with Crippen LogP contribution in [0.3, 0.4) is 0 Å². The van der Waals surface area contributed by atoms with Crippen LogP contribution in [0.1, 0.15) is 34.1 Å². The zero-order valence-electron chi connectivity index (χ0n) is 19.6. The van der Waals surface area contributed by atoms with Gasteiger partial charge in [0.25, 0.3) is 5.91 Å². The van der Waals surface area contributed by atoms with E-state index in [-0.39, 0.29) is 48.2 Å². The summed E-state index contributed by atoms with van der Waals surface area (Å²) < 4.78 is 42.7. The zero-order valence-corrected chi connectivity index (χ0v) is 19.6. The van der Waals surface area contributed by atoms with E-state index in [0.29, 0.717) is 17.6 Å². The van der Waals surface area contributed by atoms with Crippen molar-refractivity contribution in [2.75, 3.05) is 26.7 Å². The minimum atomic E-state index is -4.43. The summed E-state index contributed by atoms with van der Waals surface area (Å²) in [4.78, 5) is 33.0. The fourth-order valence-electron chi connectivity index (χ4n) is 3.85. The van der Waals surface area contributed by atoms with Gasteiger partial charge in [-0.15, -0.1) is 0 Å². The number of allylic oxidation sites excluding steroid dienone is 2. The molecule has 7 nitrogen and oxygen atoms in total. The first-order valence-electron chi connectivity index (χ1n) is 10.6. The number of hydrogen-bond donors (Lipinski definition) is 1. The second kappa shape index (κ2) is 10.7. The molecule has 10 heteroatoms. The van der Waals surface area contributed by atoms with Crippen LogP contribution in [-0.4, -0.2) is 66.8 Å². The molecule has 0 saturated carbocycles. The quantitative estimate of drug-likeness (QED) is 0.414. The summed E-state index contributed by atoms with van der Waals surface area (Å²) in [7, 11) is 1.63. The lowest BCUT2D eigenvalue weighted by molar-refractivity contribution is -0.169. The number of carbonyl (C=O) groups is 2. The van der Waals surface area contributed by atoms with Crippen molar-refractivity contribution in [2.45, 2.75) is 46.3 Å². The molecule has 0 aromatic rings. The molecule has 0 aliphatic carbocycles. The maximum absolute atomic E-state index is 13.2. The van der Waals surface area contributed by atoms with Gasteiger partial charge in [0.2, 0.25) is 0 Å². The van der Waals surface area contributed by atoms with Crippen LogP contribution >= 0.6 is 0 Å². The SMILES string of the molecule is CC1=C(OCC(F)(F)F)N(C)CC(C(C)N2CC(C(=O)CC(C)C)=C(/C=C\N=C\N)C2=O)=C1. The highest BCUT2D eigenvalue weighted by Crippen LogP contribution is 2.31. The molecule has 2 aliphatic rings. The predicted molar refractivity (Wildman–Crippen MR) is 120 cm³/mol. The van der Waals surface area contributed by atoms with Crippen molar-refractivity contribution in [1.29, 1.82) is 0 Å². The van der Waals surface area contributed by atoms with E-state index < -0.39 is 12.8 Å². The average Bonchev–Trinajstić information content (AvgIpc) is 3.02. The number of likely N-dealkylation sites (N-methyl/N-ethyl adjacent to an activating group) is 1. The Balaban J connectivity index is 2.29. The number of Topliss-reactive ketones (excluding diaryl/α,β-unsaturated/α-hetero) is 1. The van der Waals surface area contributed by atoms with Gasteiger partial charge in [-0.3, -0.25) is 9.59 Å². The predicted octanol–water partition coefficient (Wildman–Crippen LogP) is 3.31. The minimum Gasteiger partial charge on any atom is -0.469 e. The molecule has 0 bridgehead atoms. The van der Waals surface area contributed by atoms with E-state index in [1.54, 1.807) is 29.8 Å². The number of halogens is 3. The summed E-state index contributed by atoms with van der Waals surface area (Å²) in [6.45, 7) is 6.42. The van der Waals surface area contributed by atoms with Crippen LogP contribution in [0.15, 0.2) is 51.5 Å². The molecular formula is C23H31F3N4O3. The highest BCUT2D eigenvalue weighted by Gasteiger charge is 2.37. The molecule has 182 valence electrons. The van der Waals surface area contributed by atoms with Crippen molar-refractivity contribution in [2.24, 2.45) is 16.6 Å². The maximum atomic E-state index is 13.2. The molecule has 1 unspecified atom stereocenters. The number of alkyl halides is 3. The van der Waals surface area contributed by atoms with E-state index in [4.69, 9.17) is 10.5 Å². The molecular weight excluding hydrogens is 437 g/mol. The van der Waals surface area contributed by atoms with Crippen molar-refractivity contribution < 1.29 is 27.5 Å². The molecule has 0 spiro atoms. The molecule has 1 amide bonds. The minimum absolute atomic E-state index is 0.0990. The van der Waals surface area contributed by atoms with E-state index in [9.17, 15) is 22.8 Å². The molecule has 1 atom stereocenters. The lowest BCUT2D eigenvalue weighted by atomic mass is 9.98. The van der Waals surface area contributed by atoms with Crippen molar-refractivity contribution in [3.8, 4) is 0 Å². The van der Waals surface area contributed by atoms with Crippen LogP contribution in [0.5, 0.6) is 0 Å². The third-order valence-corrected chi connectivity index (χ3v) is 5.37. The normalized spacial score (nSPS) is 18.9. The molecule has 2 heterocycles. The molecule has 0 fully saturated rings. The Morgan fingerprint density at radius 2 is 1.97 bits per heavy atom. The third kappa shape index (κ3) is 6.72. The molecule has 0 radical (unpaired) electrons. The average molecular weight is 469 g/mol. The molecule has 33 heavy (non-hydrogen) atoms. The van der Waals surface area contributed by atoms with Crippen LogP contribution in [0, 0.1) is 5.92 Å². The van der Waals surface area contributed by atoms with E-state index in [1.165, 1.54) is 12.3 Å². The Morgan fingerprint density at radius 3 is 2.52 bits per heavy atom. The fraction of sp³-hybridized carbons (Fsp3) is 0.522. The Hall–Kier alpha value is -3.04. The van der Waals surface area contributed by atoms with Crippen molar-refractivity contribution in [3.05, 3.63) is 46.5 Å². The summed E-state index contributed by atoms with van der Waals surface area (Å²) >= 11 is 0. The van der Waals surface area contributed by atoms with Gasteiger partial charge in [-0.2, -0.15) is 13.2 Å². The van der Waals surface area contributed by atoms with Gasteiger partial charge < -0.3 is 20.3 Å². The molecule has 2 aliphatic heterocycles. The monoisotopic (exact) mass is 468 g/mol. The second-order valence-corrected chi connectivity index (χ2v) is 8.60. The van der Waals surface area contributed by atoms with Crippen LogP contribution in [-0.2, 0) is 14.3 Å². The van der Waals surface area contributed by atoms with E-state index in [0.717, 1.165) is 11.9 Å². The Labute approximate surface area is 192 Å². The Kier molecular flexibility index (Phi) is 8.51. The fourth-order valence-corrected chi connectivity index (χ4v) is 3.85. The van der Waals surface area contributed by atoms with Crippen LogP contribution in [0.4, 0.5) is 13.2 Å². The number of amides is 1. The lowest BCUT2D eigenvalue weighted by Gasteiger charge is -2.34. The highest BCUT2D eigenvalue weighted by molar-refractivity contribution is 6.11. The first kappa shape index (κ1) is 26.2. The summed E-state index contributed by atoms with van der Waals surface area (Å²) in [5, 5.41) is 0. The van der Waals surface area contributed by atoms with Gasteiger partial charge in [0.1, 0.15) is 0 Å². The summed E-state index contributed by atoms with van der Waals surface area (Å²) in [6, 6.07) is -0.384. The molecule has 0 aromatic heterocycles. The van der Waals surface area contributed by atoms with E-state index in [2.05, 4.69) is 4.99 Å². The highest BCUT2D eigenvalue weighted by atomic mass is 19.4. The van der Waals surface area contributed by atoms with Gasteiger partial charge in [0.15, 0.2) is 18.3 Å². The van der Waals surface area contributed by atoms with Gasteiger partial charge in [0.05, 0.1) is 18.9 Å². The zero-order chi connectivity index (χ0) is 24.9. The van der Waals surface area contributed by atoms with Gasteiger partial charge in [-0.1, -0.05) is 19.9 Å². The number of hydrogen-bond acceptors (Lipinski definition) is 5. The van der Waals surface area contributed by atoms with Gasteiger partial charge in [-0.05, 0) is 31.4 Å². The topological polar surface area (TPSA) is 88.2 Å². The summed E-state index contributed by atoms with van der Waals surface area (Å²) in [6.07, 6.45) is 1.57. The lowest BCUT2D eigenvalue weighted by Crippen LogP contribution is -2.41. The number of ketones is 1. The molecule has 2 N–H and O–H groups in total. The number of nitrogens with two attached hydrogens (primary N) is 1. The number of carbonyl (C=O) groups excluding carboxylic acids is 2. The summed E-state index contributed by atoms with van der Waals surface area (Å²) in [5.41, 5.74) is 7.31. The van der Waals surface area contributed by atoms with Gasteiger partial charge >= 0.3 is 6.18 Å². The second-order valence-electron chi connectivity index (χ2n) is 8.60. The number of rotatable bonds is 9. The number of aliphatic imine (C=N–C) groups is 1. The Bertz CT molecular complexity index is 930. The van der Waals surface area contributed by atoms with Crippen LogP contribution in [0.25, 0.3) is 0 Å². The van der Waals surface area contributed by atoms with Crippen molar-refractivity contribution >= 4 is 18.0 Å². The standard InChI is InChI=1S/C23H31F3N4O3/c1-14(2)8-20(31)19-11-30(21(32)18(19)6-7-28-13-27)16(4)17-9-15(3)22(29(5)10-17)33-12-23(24,25)26/h6-7,9,13-14,16H,8,10-12H2,1-5H3,(H2,27,28)/b7-6-. The van der Waals surface area contributed by atoms with Crippen molar-refractivity contribution in [3.63, 3.8) is 0 Å². The Morgan fingerprint density at radius 1 is 1.30 bits per heavy atom. The van der Waals surface area contributed by atoms with E-state index >= 15 is 0 Å². The first-order chi connectivity index (χ1) is 15.4. The summed E-state index contributed by atoms with van der Waals surface area (Å²) in [5.74, 6) is -0.123. The van der Waals surface area contributed by atoms with E-state index in [1.807, 2.05) is 20.8 Å². The smallest absolute Gasteiger partial charge is 0.422 e. The third-order valence-electron chi connectivity index (χ3n) is 5.37. The maximum Gasteiger partial charge on any atom is 0.422 e. The van der Waals surface area contributed by atoms with Gasteiger partial charge in [-0.25, -0.2) is 4.99 Å². The van der Waals surface area contributed by atoms with Crippen LogP contribution < -0.4 is 5.73 Å².